The molecule has 0 atom stereocenters. The van der Waals surface area contributed by atoms with Crippen molar-refractivity contribution in [3.05, 3.63) is 84.4 Å². The molecule has 0 saturated heterocycles. The Balaban J connectivity index is 1.58. The van der Waals surface area contributed by atoms with Gasteiger partial charge in [0.2, 0.25) is 5.95 Å². The van der Waals surface area contributed by atoms with E-state index in [1.165, 1.54) is 43.8 Å². The third-order valence-electron chi connectivity index (χ3n) is 5.55. The number of H-pyrrole nitrogens is 1. The number of aromatic amines is 1. The van der Waals surface area contributed by atoms with Crippen LogP contribution in [0.15, 0.2) is 73.1 Å². The minimum atomic E-state index is -4.49. The average molecular weight is 521 g/mol. The molecule has 0 fully saturated rings. The largest absolute Gasteiger partial charge is 0.493 e. The number of imidazole rings is 1. The number of nitrogens with two attached hydrogens (primary N) is 1. The number of aromatic nitrogens is 5. The van der Waals surface area contributed by atoms with Crippen molar-refractivity contribution in [1.82, 2.24) is 24.9 Å². The van der Waals surface area contributed by atoms with Crippen LogP contribution in [0.3, 0.4) is 0 Å². The van der Waals surface area contributed by atoms with Crippen LogP contribution in [0, 0.1) is 5.82 Å². The van der Waals surface area contributed by atoms with Crippen LogP contribution in [-0.2, 0) is 6.18 Å². The number of ether oxygens (including phenoxy) is 1. The van der Waals surface area contributed by atoms with Crippen LogP contribution in [0.25, 0.3) is 34.0 Å². The average Bonchev–Trinajstić information content (AvgIpc) is 3.35. The molecular weight excluding hydrogens is 502 g/mol. The molecule has 2 aromatic carbocycles. The maximum atomic E-state index is 13.5. The highest BCUT2D eigenvalue weighted by Gasteiger charge is 2.30. The van der Waals surface area contributed by atoms with E-state index in [1.54, 1.807) is 24.3 Å². The van der Waals surface area contributed by atoms with Gasteiger partial charge in [-0.2, -0.15) is 13.2 Å². The summed E-state index contributed by atoms with van der Waals surface area (Å²) in [7, 11) is 1.46. The van der Waals surface area contributed by atoms with Crippen LogP contribution in [0.2, 0.25) is 0 Å². The van der Waals surface area contributed by atoms with Gasteiger partial charge in [0, 0.05) is 29.2 Å². The van der Waals surface area contributed by atoms with E-state index in [0.29, 0.717) is 39.8 Å². The van der Waals surface area contributed by atoms with Gasteiger partial charge in [0.1, 0.15) is 17.3 Å². The molecular formula is C26H19F4N7O. The summed E-state index contributed by atoms with van der Waals surface area (Å²) in [6, 6.07) is 13.8. The third kappa shape index (κ3) is 5.09. The lowest BCUT2D eigenvalue weighted by Crippen LogP contribution is -2.05. The number of nitrogens with zero attached hydrogens (tertiary/aromatic N) is 4. The topological polar surface area (TPSA) is 115 Å². The van der Waals surface area contributed by atoms with Gasteiger partial charge < -0.3 is 20.8 Å². The molecule has 38 heavy (non-hydrogen) atoms. The molecule has 0 amide bonds. The summed E-state index contributed by atoms with van der Waals surface area (Å²) >= 11 is 0. The number of halogens is 4. The lowest BCUT2D eigenvalue weighted by Gasteiger charge is -2.10. The molecule has 0 radical (unpaired) electrons. The summed E-state index contributed by atoms with van der Waals surface area (Å²) < 4.78 is 58.2. The molecule has 0 aliphatic heterocycles. The van der Waals surface area contributed by atoms with E-state index in [0.717, 1.165) is 12.1 Å². The van der Waals surface area contributed by atoms with E-state index in [9.17, 15) is 17.6 Å². The lowest BCUT2D eigenvalue weighted by molar-refractivity contribution is -0.137. The third-order valence-corrected chi connectivity index (χ3v) is 5.55. The smallest absolute Gasteiger partial charge is 0.416 e. The highest BCUT2D eigenvalue weighted by atomic mass is 19.4. The summed E-state index contributed by atoms with van der Waals surface area (Å²) in [5.41, 5.74) is 7.71. The fraction of sp³-hybridized carbons (Fsp3) is 0.0769. The second-order valence-electron chi connectivity index (χ2n) is 8.10. The minimum absolute atomic E-state index is 0.0683. The normalized spacial score (nSPS) is 11.4. The van der Waals surface area contributed by atoms with E-state index in [2.05, 4.69) is 25.3 Å². The highest BCUT2D eigenvalue weighted by Crippen LogP contribution is 2.35. The number of pyridine rings is 1. The quantitative estimate of drug-likeness (QED) is 0.232. The van der Waals surface area contributed by atoms with Crippen molar-refractivity contribution >= 4 is 17.5 Å². The zero-order valence-corrected chi connectivity index (χ0v) is 19.7. The second kappa shape index (κ2) is 9.81. The second-order valence-corrected chi connectivity index (χ2v) is 8.10. The predicted octanol–water partition coefficient (Wildman–Crippen LogP) is 6.09. The first-order chi connectivity index (χ1) is 18.2. The van der Waals surface area contributed by atoms with Crippen molar-refractivity contribution in [1.29, 1.82) is 0 Å². The van der Waals surface area contributed by atoms with Gasteiger partial charge in [-0.1, -0.05) is 6.07 Å². The van der Waals surface area contributed by atoms with Crippen LogP contribution in [0.4, 0.5) is 35.0 Å². The molecule has 5 aromatic rings. The van der Waals surface area contributed by atoms with E-state index in [-0.39, 0.29) is 17.5 Å². The Bertz CT molecular complexity index is 1600. The van der Waals surface area contributed by atoms with Gasteiger partial charge in [-0.25, -0.2) is 24.3 Å². The maximum Gasteiger partial charge on any atom is 0.416 e. The first kappa shape index (κ1) is 24.7. The molecule has 3 aromatic heterocycles. The van der Waals surface area contributed by atoms with Crippen molar-refractivity contribution in [2.24, 2.45) is 0 Å². The van der Waals surface area contributed by atoms with E-state index >= 15 is 0 Å². The van der Waals surface area contributed by atoms with Crippen LogP contribution in [0.5, 0.6) is 5.75 Å². The molecule has 0 aliphatic carbocycles. The number of methoxy groups -OCH3 is 1. The summed E-state index contributed by atoms with van der Waals surface area (Å²) in [5.74, 6) is 0.640. The lowest BCUT2D eigenvalue weighted by atomic mass is 10.1. The molecule has 0 bridgehead atoms. The number of benzene rings is 2. The fourth-order valence-corrected chi connectivity index (χ4v) is 3.72. The van der Waals surface area contributed by atoms with Crippen molar-refractivity contribution in [2.75, 3.05) is 18.2 Å². The standard InChI is InChI=1S/C26H19F4N7O/c1-38-20-11-15(13-33-23(20)31)21-22(37-24(36-21)14-5-7-17(27)8-6-14)19-9-10-32-25(35-19)34-18-4-2-3-16(12-18)26(28,29)30/h2-13H,1H3,(H2,31,33)(H,36,37)(H,32,34,35). The van der Waals surface area contributed by atoms with Crippen LogP contribution >= 0.6 is 0 Å². The number of rotatable bonds is 6. The van der Waals surface area contributed by atoms with Gasteiger partial charge >= 0.3 is 6.18 Å². The predicted molar refractivity (Wildman–Crippen MR) is 134 cm³/mol. The zero-order chi connectivity index (χ0) is 26.9. The van der Waals surface area contributed by atoms with Gasteiger partial charge in [-0.05, 0) is 54.6 Å². The van der Waals surface area contributed by atoms with Crippen LogP contribution in [0.1, 0.15) is 5.56 Å². The molecule has 0 aliphatic rings. The number of nitrogens with one attached hydrogen (secondary N) is 2. The molecule has 12 heteroatoms. The first-order valence-electron chi connectivity index (χ1n) is 11.1. The number of hydrogen-bond acceptors (Lipinski definition) is 7. The number of nitrogen functional groups attached to an aromatic ring is 1. The van der Waals surface area contributed by atoms with E-state index < -0.39 is 17.6 Å². The Morgan fingerprint density at radius 3 is 2.47 bits per heavy atom. The zero-order valence-electron chi connectivity index (χ0n) is 19.7. The molecule has 0 saturated carbocycles. The minimum Gasteiger partial charge on any atom is -0.493 e. The number of alkyl halides is 3. The van der Waals surface area contributed by atoms with Crippen LogP contribution in [-0.4, -0.2) is 32.0 Å². The summed E-state index contributed by atoms with van der Waals surface area (Å²) in [6.07, 6.45) is -1.51. The maximum absolute atomic E-state index is 13.5. The Kier molecular flexibility index (Phi) is 6.37. The summed E-state index contributed by atoms with van der Waals surface area (Å²) in [5, 5.41) is 2.81. The summed E-state index contributed by atoms with van der Waals surface area (Å²) in [6.45, 7) is 0. The van der Waals surface area contributed by atoms with Crippen molar-refractivity contribution < 1.29 is 22.3 Å². The molecule has 0 unspecified atom stereocenters. The SMILES string of the molecule is COc1cc(-c2nc(-c3ccc(F)cc3)[nH]c2-c2ccnc(Nc3cccc(C(F)(F)F)c3)n2)cnc1N. The summed E-state index contributed by atoms with van der Waals surface area (Å²) in [4.78, 5) is 20.7. The number of hydrogen-bond donors (Lipinski definition) is 3. The van der Waals surface area contributed by atoms with Crippen molar-refractivity contribution in [3.8, 4) is 39.8 Å². The monoisotopic (exact) mass is 521 g/mol. The Morgan fingerprint density at radius 1 is 0.947 bits per heavy atom. The number of anilines is 3. The molecule has 4 N–H and O–H groups in total. The van der Waals surface area contributed by atoms with Gasteiger partial charge in [-0.3, -0.25) is 0 Å². The molecule has 8 nitrogen and oxygen atoms in total. The van der Waals surface area contributed by atoms with Crippen molar-refractivity contribution in [2.45, 2.75) is 6.18 Å². The Morgan fingerprint density at radius 2 is 1.74 bits per heavy atom. The van der Waals surface area contributed by atoms with Gasteiger partial charge in [-0.15, -0.1) is 0 Å². The van der Waals surface area contributed by atoms with E-state index in [4.69, 9.17) is 15.5 Å². The highest BCUT2D eigenvalue weighted by molar-refractivity contribution is 5.81. The molecule has 3 heterocycles. The van der Waals surface area contributed by atoms with Gasteiger partial charge in [0.15, 0.2) is 11.6 Å². The van der Waals surface area contributed by atoms with E-state index in [1.807, 2.05) is 0 Å². The Hall–Kier alpha value is -5.00. The van der Waals surface area contributed by atoms with Gasteiger partial charge in [0.25, 0.3) is 0 Å². The fourth-order valence-electron chi connectivity index (χ4n) is 3.72. The molecule has 0 spiro atoms. The van der Waals surface area contributed by atoms with Crippen molar-refractivity contribution in [3.63, 3.8) is 0 Å². The molecule has 192 valence electrons. The van der Waals surface area contributed by atoms with Crippen LogP contribution < -0.4 is 15.8 Å². The first-order valence-corrected chi connectivity index (χ1v) is 11.1. The molecule has 5 rings (SSSR count). The van der Waals surface area contributed by atoms with Gasteiger partial charge in [0.05, 0.1) is 24.1 Å². The Labute approximate surface area is 213 Å².